The number of ketones is 1. The molecule has 0 spiro atoms. The number of rotatable bonds is 8. The van der Waals surface area contributed by atoms with E-state index in [1.54, 1.807) is 24.5 Å². The number of nitrogens with zero attached hydrogens (tertiary/aromatic N) is 2. The van der Waals surface area contributed by atoms with Crippen LogP contribution in [0.3, 0.4) is 0 Å². The number of hydrogen-bond donors (Lipinski definition) is 0. The molecular weight excluding hydrogens is 324 g/mol. The van der Waals surface area contributed by atoms with Gasteiger partial charge in [-0.05, 0) is 23.3 Å². The van der Waals surface area contributed by atoms with Crippen LogP contribution in [0.15, 0.2) is 54.9 Å². The Balaban J connectivity index is 1.78. The van der Waals surface area contributed by atoms with Crippen LogP contribution in [-0.2, 0) is 20.7 Å². The van der Waals surface area contributed by atoms with Gasteiger partial charge in [-0.15, -0.1) is 0 Å². The van der Waals surface area contributed by atoms with Gasteiger partial charge in [0.05, 0.1) is 11.5 Å². The van der Waals surface area contributed by atoms with E-state index >= 15 is 0 Å². The van der Waals surface area contributed by atoms with Crippen LogP contribution in [0.5, 0.6) is 0 Å². The molecule has 0 amide bonds. The number of ether oxygens (including phenoxy) is 1. The summed E-state index contributed by atoms with van der Waals surface area (Å²) >= 11 is 0. The van der Waals surface area contributed by atoms with E-state index in [2.05, 4.69) is 4.98 Å². The lowest BCUT2D eigenvalue weighted by Gasteiger charge is -2.03. The first-order valence-electron chi connectivity index (χ1n) is 7.54. The topological polar surface area (TPSA) is 99.4 Å². The molecule has 0 aliphatic rings. The van der Waals surface area contributed by atoms with Crippen molar-refractivity contribution in [3.05, 3.63) is 76.1 Å². The summed E-state index contributed by atoms with van der Waals surface area (Å²) in [4.78, 5) is 37.5. The number of esters is 1. The maximum absolute atomic E-state index is 11.7. The highest BCUT2D eigenvalue weighted by Crippen LogP contribution is 2.14. The number of non-ortho nitro benzene ring substituents is 1. The van der Waals surface area contributed by atoms with Gasteiger partial charge >= 0.3 is 5.97 Å². The number of nitro groups is 1. The minimum absolute atomic E-state index is 0.0654. The number of carbonyl (C=O) groups excluding carboxylic acids is 2. The Morgan fingerprint density at radius 1 is 1.24 bits per heavy atom. The first-order chi connectivity index (χ1) is 12.0. The van der Waals surface area contributed by atoms with Crippen molar-refractivity contribution in [3.8, 4) is 0 Å². The predicted octanol–water partition coefficient (Wildman–Crippen LogP) is 2.75. The maximum atomic E-state index is 11.7. The number of aromatic nitrogens is 1. The van der Waals surface area contributed by atoms with E-state index in [0.717, 1.165) is 5.56 Å². The lowest BCUT2D eigenvalue weighted by Crippen LogP contribution is -2.11. The summed E-state index contributed by atoms with van der Waals surface area (Å²) in [6.07, 6.45) is 6.12. The Hall–Kier alpha value is -3.35. The lowest BCUT2D eigenvalue weighted by atomic mass is 10.1. The highest BCUT2D eigenvalue weighted by Gasteiger charge is 2.09. The summed E-state index contributed by atoms with van der Waals surface area (Å²) in [7, 11) is 0. The smallest absolute Gasteiger partial charge is 0.313 e. The van der Waals surface area contributed by atoms with Crippen LogP contribution >= 0.6 is 0 Å². The van der Waals surface area contributed by atoms with Crippen LogP contribution in [0.2, 0.25) is 0 Å². The Kier molecular flexibility index (Phi) is 6.53. The number of hydrogen-bond acceptors (Lipinski definition) is 6. The summed E-state index contributed by atoms with van der Waals surface area (Å²) in [5, 5.41) is 10.7. The lowest BCUT2D eigenvalue weighted by molar-refractivity contribution is -0.384. The number of benzene rings is 1. The maximum Gasteiger partial charge on any atom is 0.313 e. The summed E-state index contributed by atoms with van der Waals surface area (Å²) in [5.74, 6) is -1.05. The van der Waals surface area contributed by atoms with Crippen molar-refractivity contribution in [1.29, 1.82) is 0 Å². The number of carbonyl (C=O) groups is 2. The number of allylic oxidation sites excluding steroid dienone is 1. The molecular formula is C18H16N2O5. The summed E-state index contributed by atoms with van der Waals surface area (Å²) in [6.45, 7) is 0.173. The molecule has 7 nitrogen and oxygen atoms in total. The van der Waals surface area contributed by atoms with Gasteiger partial charge in [0, 0.05) is 30.9 Å². The van der Waals surface area contributed by atoms with Gasteiger partial charge < -0.3 is 4.74 Å². The number of nitro benzene ring substituents is 1. The Morgan fingerprint density at radius 2 is 2.08 bits per heavy atom. The molecule has 2 aromatic rings. The standard InChI is InChI=1S/C18H16N2O5/c21-17(7-6-14-3-1-5-16(11-14)20(23)24)12-18(22)25-10-8-15-4-2-9-19-13-15/h1-7,9,11,13H,8,10,12H2. The van der Waals surface area contributed by atoms with E-state index in [0.29, 0.717) is 12.0 Å². The molecule has 1 aromatic heterocycles. The van der Waals surface area contributed by atoms with Crippen LogP contribution in [-0.4, -0.2) is 28.3 Å². The Bertz CT molecular complexity index is 787. The van der Waals surface area contributed by atoms with Crippen molar-refractivity contribution in [3.63, 3.8) is 0 Å². The van der Waals surface area contributed by atoms with E-state index in [9.17, 15) is 19.7 Å². The van der Waals surface area contributed by atoms with E-state index < -0.39 is 16.7 Å². The van der Waals surface area contributed by atoms with Gasteiger partial charge in [-0.25, -0.2) is 0 Å². The summed E-state index contributed by atoms with van der Waals surface area (Å²) < 4.78 is 5.01. The van der Waals surface area contributed by atoms with Gasteiger partial charge in [-0.1, -0.05) is 24.3 Å². The minimum atomic E-state index is -0.613. The van der Waals surface area contributed by atoms with Crippen LogP contribution in [0.4, 0.5) is 5.69 Å². The van der Waals surface area contributed by atoms with E-state index in [4.69, 9.17) is 4.74 Å². The molecule has 0 saturated heterocycles. The van der Waals surface area contributed by atoms with Crippen LogP contribution in [0, 0.1) is 10.1 Å². The van der Waals surface area contributed by atoms with Crippen molar-refractivity contribution in [2.75, 3.05) is 6.61 Å². The molecule has 0 aliphatic heterocycles. The van der Waals surface area contributed by atoms with E-state index in [1.165, 1.54) is 30.4 Å². The van der Waals surface area contributed by atoms with Gasteiger partial charge in [0.25, 0.3) is 5.69 Å². The van der Waals surface area contributed by atoms with Crippen molar-refractivity contribution < 1.29 is 19.2 Å². The SMILES string of the molecule is O=C(C=Cc1cccc([N+](=O)[O-])c1)CC(=O)OCCc1cccnc1. The highest BCUT2D eigenvalue weighted by molar-refractivity contribution is 6.03. The molecule has 0 aliphatic carbocycles. The molecule has 1 aromatic carbocycles. The molecule has 7 heteroatoms. The first kappa shape index (κ1) is 18.0. The van der Waals surface area contributed by atoms with Gasteiger partial charge in [0.1, 0.15) is 6.42 Å². The van der Waals surface area contributed by atoms with Crippen molar-refractivity contribution >= 4 is 23.5 Å². The van der Waals surface area contributed by atoms with Gasteiger partial charge in [-0.3, -0.25) is 24.7 Å². The second-order valence-corrected chi connectivity index (χ2v) is 5.16. The quantitative estimate of drug-likeness (QED) is 0.241. The molecule has 0 saturated carbocycles. The zero-order chi connectivity index (χ0) is 18.1. The van der Waals surface area contributed by atoms with Crippen molar-refractivity contribution in [1.82, 2.24) is 4.98 Å². The van der Waals surface area contributed by atoms with Gasteiger partial charge in [0.15, 0.2) is 5.78 Å². The van der Waals surface area contributed by atoms with Crippen molar-refractivity contribution in [2.24, 2.45) is 0 Å². The molecule has 0 bridgehead atoms. The average Bonchev–Trinajstić information content (AvgIpc) is 2.61. The van der Waals surface area contributed by atoms with Crippen LogP contribution in [0.25, 0.3) is 6.08 Å². The fraction of sp³-hybridized carbons (Fsp3) is 0.167. The van der Waals surface area contributed by atoms with E-state index in [1.807, 2.05) is 6.07 Å². The van der Waals surface area contributed by atoms with Gasteiger partial charge in [0.2, 0.25) is 0 Å². The fourth-order valence-electron chi connectivity index (χ4n) is 2.01. The third-order valence-electron chi connectivity index (χ3n) is 3.24. The normalized spacial score (nSPS) is 10.6. The molecule has 0 radical (unpaired) electrons. The van der Waals surface area contributed by atoms with Crippen LogP contribution < -0.4 is 0 Å². The molecule has 0 unspecified atom stereocenters. The molecule has 0 N–H and O–H groups in total. The molecule has 0 fully saturated rings. The molecule has 2 rings (SSSR count). The average molecular weight is 340 g/mol. The Morgan fingerprint density at radius 3 is 2.80 bits per heavy atom. The monoisotopic (exact) mass is 340 g/mol. The summed E-state index contributed by atoms with van der Waals surface area (Å²) in [5.41, 5.74) is 1.38. The molecule has 25 heavy (non-hydrogen) atoms. The summed E-state index contributed by atoms with van der Waals surface area (Å²) in [6, 6.07) is 9.51. The second kappa shape index (κ2) is 9.07. The molecule has 128 valence electrons. The zero-order valence-corrected chi connectivity index (χ0v) is 13.3. The molecule has 0 atom stereocenters. The number of pyridine rings is 1. The third kappa shape index (κ3) is 6.34. The van der Waals surface area contributed by atoms with Gasteiger partial charge in [-0.2, -0.15) is 0 Å². The highest BCUT2D eigenvalue weighted by atomic mass is 16.6. The van der Waals surface area contributed by atoms with E-state index in [-0.39, 0.29) is 18.7 Å². The predicted molar refractivity (Wildman–Crippen MR) is 90.7 cm³/mol. The zero-order valence-electron chi connectivity index (χ0n) is 13.3. The second-order valence-electron chi connectivity index (χ2n) is 5.16. The minimum Gasteiger partial charge on any atom is -0.465 e. The largest absolute Gasteiger partial charge is 0.465 e. The van der Waals surface area contributed by atoms with Crippen LogP contribution in [0.1, 0.15) is 17.5 Å². The third-order valence-corrected chi connectivity index (χ3v) is 3.24. The van der Waals surface area contributed by atoms with Crippen molar-refractivity contribution in [2.45, 2.75) is 12.8 Å². The molecule has 1 heterocycles. The Labute approximate surface area is 144 Å². The fourth-order valence-corrected chi connectivity index (χ4v) is 2.01. The first-order valence-corrected chi connectivity index (χ1v) is 7.54.